The number of aromatic nitrogens is 3. The molecule has 2 aliphatic rings. The van der Waals surface area contributed by atoms with Gasteiger partial charge in [0.15, 0.2) is 11.6 Å². The Balaban J connectivity index is 1.26. The summed E-state index contributed by atoms with van der Waals surface area (Å²) in [4.78, 5) is 16.4. The molecule has 1 aromatic heterocycles. The first kappa shape index (κ1) is 34.0. The maximum absolute atomic E-state index is 14.3. The number of benzene rings is 1. The van der Waals surface area contributed by atoms with Gasteiger partial charge in [0.2, 0.25) is 17.8 Å². The normalized spacial score (nSPS) is 17.6. The molecular formula is C31H50FN7O5. The van der Waals surface area contributed by atoms with Gasteiger partial charge in [0.05, 0.1) is 46.8 Å². The number of ether oxygens (including phenoxy) is 4. The standard InChI is InChI=1S/C31H50FN7O5/c1-41-28-11-10-25(21-27(28)32)35-31-37-29(33-22-24-7-3-2-4-8-24)36-30(38-31)34-23-26-9-5-12-39(26)13-6-15-42-17-19-44-20-18-43-16-14-40/h10-11,21,24,26,40H,2-9,12-20,22-23H2,1H3,(H3,33,34,35,36,37,38). The summed E-state index contributed by atoms with van der Waals surface area (Å²) in [5.41, 5.74) is 0.529. The van der Waals surface area contributed by atoms with E-state index in [2.05, 4.69) is 35.8 Å². The number of nitrogens with zero attached hydrogens (tertiary/aromatic N) is 4. The van der Waals surface area contributed by atoms with Crippen molar-refractivity contribution >= 4 is 23.5 Å². The Morgan fingerprint density at radius 3 is 2.23 bits per heavy atom. The third-order valence-electron chi connectivity index (χ3n) is 8.03. The van der Waals surface area contributed by atoms with E-state index < -0.39 is 5.82 Å². The van der Waals surface area contributed by atoms with Crippen LogP contribution in [0, 0.1) is 11.7 Å². The molecule has 246 valence electrons. The fourth-order valence-corrected chi connectivity index (χ4v) is 5.70. The summed E-state index contributed by atoms with van der Waals surface area (Å²) in [5.74, 6) is 1.68. The predicted octanol–water partition coefficient (Wildman–Crippen LogP) is 4.06. The van der Waals surface area contributed by atoms with Gasteiger partial charge in [0.1, 0.15) is 0 Å². The smallest absolute Gasteiger partial charge is 0.233 e. The molecule has 0 spiro atoms. The van der Waals surface area contributed by atoms with Crippen LogP contribution in [0.15, 0.2) is 18.2 Å². The zero-order valence-corrected chi connectivity index (χ0v) is 26.1. The number of nitrogens with one attached hydrogen (secondary N) is 3. The van der Waals surface area contributed by atoms with Crippen LogP contribution in [0.3, 0.4) is 0 Å². The minimum Gasteiger partial charge on any atom is -0.494 e. The van der Waals surface area contributed by atoms with Crippen molar-refractivity contribution in [1.82, 2.24) is 19.9 Å². The lowest BCUT2D eigenvalue weighted by atomic mass is 9.89. The molecule has 1 saturated carbocycles. The van der Waals surface area contributed by atoms with Crippen molar-refractivity contribution in [3.8, 4) is 5.75 Å². The Morgan fingerprint density at radius 2 is 1.52 bits per heavy atom. The van der Waals surface area contributed by atoms with Crippen molar-refractivity contribution in [2.45, 2.75) is 57.4 Å². The average Bonchev–Trinajstić information content (AvgIpc) is 3.49. The van der Waals surface area contributed by atoms with Crippen LogP contribution in [0.5, 0.6) is 5.75 Å². The lowest BCUT2D eigenvalue weighted by molar-refractivity contribution is 0.00648. The second-order valence-electron chi connectivity index (χ2n) is 11.3. The molecule has 0 amide bonds. The number of anilines is 4. The number of hydrogen-bond donors (Lipinski definition) is 4. The van der Waals surface area contributed by atoms with Crippen LogP contribution < -0.4 is 20.7 Å². The maximum atomic E-state index is 14.3. The zero-order chi connectivity index (χ0) is 30.8. The second kappa shape index (κ2) is 19.5. The fourth-order valence-electron chi connectivity index (χ4n) is 5.70. The number of aliphatic hydroxyl groups is 1. The van der Waals surface area contributed by atoms with E-state index in [4.69, 9.17) is 24.1 Å². The number of methoxy groups -OCH3 is 1. The minimum absolute atomic E-state index is 0.0281. The molecule has 0 bridgehead atoms. The van der Waals surface area contributed by atoms with Crippen LogP contribution >= 0.6 is 0 Å². The van der Waals surface area contributed by atoms with Gasteiger partial charge >= 0.3 is 0 Å². The highest BCUT2D eigenvalue weighted by atomic mass is 19.1. The van der Waals surface area contributed by atoms with Crippen molar-refractivity contribution in [2.24, 2.45) is 5.92 Å². The first-order valence-corrected chi connectivity index (χ1v) is 16.1. The van der Waals surface area contributed by atoms with E-state index in [-0.39, 0.29) is 12.4 Å². The van der Waals surface area contributed by atoms with Crippen molar-refractivity contribution in [3.63, 3.8) is 0 Å². The molecule has 2 heterocycles. The molecule has 13 heteroatoms. The van der Waals surface area contributed by atoms with Crippen LogP contribution in [0.2, 0.25) is 0 Å². The second-order valence-corrected chi connectivity index (χ2v) is 11.3. The Kier molecular flexibility index (Phi) is 15.1. The number of hydrogen-bond acceptors (Lipinski definition) is 12. The van der Waals surface area contributed by atoms with Gasteiger partial charge in [-0.1, -0.05) is 19.3 Å². The average molecular weight is 620 g/mol. The van der Waals surface area contributed by atoms with Gasteiger partial charge < -0.3 is 40.0 Å². The molecule has 1 saturated heterocycles. The van der Waals surface area contributed by atoms with E-state index in [0.29, 0.717) is 75.1 Å². The number of aliphatic hydroxyl groups excluding tert-OH is 1. The van der Waals surface area contributed by atoms with Gasteiger partial charge in [-0.15, -0.1) is 0 Å². The quantitative estimate of drug-likeness (QED) is 0.150. The topological polar surface area (TPSA) is 135 Å². The summed E-state index contributed by atoms with van der Waals surface area (Å²) >= 11 is 0. The Bertz CT molecular complexity index is 1100. The van der Waals surface area contributed by atoms with E-state index in [9.17, 15) is 4.39 Å². The van der Waals surface area contributed by atoms with Gasteiger partial charge in [0, 0.05) is 44.0 Å². The van der Waals surface area contributed by atoms with Crippen LogP contribution in [0.4, 0.5) is 27.9 Å². The highest BCUT2D eigenvalue weighted by Crippen LogP contribution is 2.25. The summed E-state index contributed by atoms with van der Waals surface area (Å²) in [6.45, 7) is 6.69. The van der Waals surface area contributed by atoms with Gasteiger partial charge in [-0.2, -0.15) is 15.0 Å². The Labute approximate surface area is 260 Å². The molecular weight excluding hydrogens is 569 g/mol. The van der Waals surface area contributed by atoms with Gasteiger partial charge in [-0.3, -0.25) is 4.90 Å². The molecule has 1 atom stereocenters. The molecule has 1 aliphatic heterocycles. The number of halogens is 1. The summed E-state index contributed by atoms with van der Waals surface area (Å²) < 4.78 is 35.7. The molecule has 0 radical (unpaired) electrons. The highest BCUT2D eigenvalue weighted by Gasteiger charge is 2.24. The van der Waals surface area contributed by atoms with E-state index >= 15 is 0 Å². The summed E-state index contributed by atoms with van der Waals surface area (Å²) in [7, 11) is 1.44. The van der Waals surface area contributed by atoms with E-state index in [0.717, 1.165) is 45.4 Å². The predicted molar refractivity (Wildman–Crippen MR) is 168 cm³/mol. The minimum atomic E-state index is -0.457. The first-order valence-electron chi connectivity index (χ1n) is 16.1. The van der Waals surface area contributed by atoms with Crippen molar-refractivity contribution < 1.29 is 28.4 Å². The van der Waals surface area contributed by atoms with Crippen molar-refractivity contribution in [1.29, 1.82) is 0 Å². The number of rotatable bonds is 21. The summed E-state index contributed by atoms with van der Waals surface area (Å²) in [6.07, 6.45) is 9.50. The molecule has 1 aliphatic carbocycles. The molecule has 1 aromatic carbocycles. The molecule has 2 fully saturated rings. The van der Waals surface area contributed by atoms with Gasteiger partial charge in [-0.25, -0.2) is 4.39 Å². The molecule has 1 unspecified atom stereocenters. The number of likely N-dealkylation sites (tertiary alicyclic amines) is 1. The van der Waals surface area contributed by atoms with Crippen LogP contribution in [0.25, 0.3) is 0 Å². The van der Waals surface area contributed by atoms with Crippen molar-refractivity contribution in [2.75, 3.05) is 95.5 Å². The first-order chi connectivity index (χ1) is 21.6. The maximum Gasteiger partial charge on any atom is 0.233 e. The highest BCUT2D eigenvalue weighted by molar-refractivity contribution is 5.57. The fraction of sp³-hybridized carbons (Fsp3) is 0.710. The Hall–Kier alpha value is -2.84. The molecule has 12 nitrogen and oxygen atoms in total. The molecule has 4 N–H and O–H groups in total. The molecule has 44 heavy (non-hydrogen) atoms. The largest absolute Gasteiger partial charge is 0.494 e. The lowest BCUT2D eigenvalue weighted by Gasteiger charge is -2.25. The van der Waals surface area contributed by atoms with Crippen LogP contribution in [-0.2, 0) is 14.2 Å². The Morgan fingerprint density at radius 1 is 0.841 bits per heavy atom. The molecule has 4 rings (SSSR count). The van der Waals surface area contributed by atoms with E-state index in [1.54, 1.807) is 12.1 Å². The zero-order valence-electron chi connectivity index (χ0n) is 26.1. The monoisotopic (exact) mass is 619 g/mol. The third-order valence-corrected chi connectivity index (χ3v) is 8.03. The lowest BCUT2D eigenvalue weighted by Crippen LogP contribution is -2.36. The van der Waals surface area contributed by atoms with Gasteiger partial charge in [0.25, 0.3) is 0 Å². The third kappa shape index (κ3) is 11.9. The van der Waals surface area contributed by atoms with Crippen molar-refractivity contribution in [3.05, 3.63) is 24.0 Å². The molecule has 2 aromatic rings. The summed E-state index contributed by atoms with van der Waals surface area (Å²) in [5, 5.41) is 18.7. The SMILES string of the molecule is COc1ccc(Nc2nc(NCC3CCCCC3)nc(NCC3CCCN3CCCOCCOCCOCCO)n2)cc1F. The van der Waals surface area contributed by atoms with Crippen LogP contribution in [0.1, 0.15) is 51.4 Å². The van der Waals surface area contributed by atoms with Crippen LogP contribution in [-0.4, -0.2) is 111 Å². The summed E-state index contributed by atoms with van der Waals surface area (Å²) in [6, 6.07) is 5.05. The van der Waals surface area contributed by atoms with Gasteiger partial charge in [-0.05, 0) is 56.7 Å². The van der Waals surface area contributed by atoms with E-state index in [1.807, 2.05) is 0 Å². The van der Waals surface area contributed by atoms with E-state index in [1.165, 1.54) is 45.3 Å².